The molecule has 0 radical (unpaired) electrons. The smallest absolute Gasteiger partial charge is 0.328 e. The molecule has 0 spiro atoms. The van der Waals surface area contributed by atoms with E-state index in [1.54, 1.807) is 0 Å². The van der Waals surface area contributed by atoms with Crippen molar-refractivity contribution in [3.63, 3.8) is 0 Å². The summed E-state index contributed by atoms with van der Waals surface area (Å²) in [6.45, 7) is -0.0431. The number of hydrogen-bond acceptors (Lipinski definition) is 4. The Bertz CT molecular complexity index is 471. The Labute approximate surface area is 124 Å². The van der Waals surface area contributed by atoms with Gasteiger partial charge in [-0.3, -0.25) is 4.79 Å². The highest BCUT2D eigenvalue weighted by molar-refractivity contribution is 5.83. The fourth-order valence-electron chi connectivity index (χ4n) is 1.83. The zero-order valence-electron chi connectivity index (χ0n) is 12.6. The maximum Gasteiger partial charge on any atom is 0.328 e. The van der Waals surface area contributed by atoms with Gasteiger partial charge in [-0.15, -0.1) is 0 Å². The summed E-state index contributed by atoms with van der Waals surface area (Å²) < 4.78 is 4.76. The summed E-state index contributed by atoms with van der Waals surface area (Å²) in [5.41, 5.74) is 2.13. The summed E-state index contributed by atoms with van der Waals surface area (Å²) in [4.78, 5) is 24.6. The van der Waals surface area contributed by atoms with E-state index in [0.29, 0.717) is 6.42 Å². The summed E-state index contributed by atoms with van der Waals surface area (Å²) in [5.74, 6) is -1.39. The van der Waals surface area contributed by atoms with Crippen LogP contribution < -0.4 is 10.2 Å². The lowest BCUT2D eigenvalue weighted by atomic mass is 10.1. The van der Waals surface area contributed by atoms with Crippen LogP contribution in [0.1, 0.15) is 12.0 Å². The van der Waals surface area contributed by atoms with E-state index in [9.17, 15) is 9.59 Å². The van der Waals surface area contributed by atoms with Gasteiger partial charge in [0, 0.05) is 33.3 Å². The molecule has 2 N–H and O–H groups in total. The van der Waals surface area contributed by atoms with Gasteiger partial charge in [-0.25, -0.2) is 4.79 Å². The molecule has 21 heavy (non-hydrogen) atoms. The summed E-state index contributed by atoms with van der Waals surface area (Å²) in [6.07, 6.45) is 0.813. The number of rotatable bonds is 8. The second-order valence-electron chi connectivity index (χ2n) is 4.97. The van der Waals surface area contributed by atoms with Gasteiger partial charge < -0.3 is 20.1 Å². The monoisotopic (exact) mass is 294 g/mol. The van der Waals surface area contributed by atoms with E-state index < -0.39 is 12.0 Å². The molecule has 1 atom stereocenters. The molecule has 116 valence electrons. The Morgan fingerprint density at radius 1 is 1.29 bits per heavy atom. The van der Waals surface area contributed by atoms with Crippen LogP contribution in [0.3, 0.4) is 0 Å². The molecule has 0 saturated carbocycles. The van der Waals surface area contributed by atoms with Gasteiger partial charge in [0.1, 0.15) is 0 Å². The Hall–Kier alpha value is -2.08. The first-order chi connectivity index (χ1) is 9.93. The number of carboxylic acid groups (broad SMARTS) is 1. The van der Waals surface area contributed by atoms with E-state index >= 15 is 0 Å². The minimum absolute atomic E-state index is 0.0431. The van der Waals surface area contributed by atoms with Crippen LogP contribution in [0.5, 0.6) is 0 Å². The van der Waals surface area contributed by atoms with E-state index in [2.05, 4.69) is 5.32 Å². The molecule has 6 heteroatoms. The lowest BCUT2D eigenvalue weighted by Crippen LogP contribution is -2.43. The van der Waals surface area contributed by atoms with Crippen molar-refractivity contribution in [1.29, 1.82) is 0 Å². The van der Waals surface area contributed by atoms with Crippen LogP contribution >= 0.6 is 0 Å². The first kappa shape index (κ1) is 17.0. The number of benzene rings is 1. The molecular weight excluding hydrogens is 272 g/mol. The molecule has 1 amide bonds. The van der Waals surface area contributed by atoms with Gasteiger partial charge in [-0.1, -0.05) is 12.1 Å². The van der Waals surface area contributed by atoms with Gasteiger partial charge >= 0.3 is 5.97 Å². The van der Waals surface area contributed by atoms with Crippen molar-refractivity contribution < 1.29 is 19.4 Å². The summed E-state index contributed by atoms with van der Waals surface area (Å²) >= 11 is 0. The fraction of sp³-hybridized carbons (Fsp3) is 0.467. The van der Waals surface area contributed by atoms with Crippen molar-refractivity contribution in [2.75, 3.05) is 32.7 Å². The van der Waals surface area contributed by atoms with Crippen LogP contribution in [0.2, 0.25) is 0 Å². The van der Waals surface area contributed by atoms with Crippen molar-refractivity contribution in [2.24, 2.45) is 0 Å². The van der Waals surface area contributed by atoms with Gasteiger partial charge in [0.05, 0.1) is 6.61 Å². The van der Waals surface area contributed by atoms with E-state index in [4.69, 9.17) is 9.84 Å². The average Bonchev–Trinajstić information content (AvgIpc) is 2.45. The van der Waals surface area contributed by atoms with Crippen LogP contribution in [-0.2, 0) is 20.7 Å². The van der Waals surface area contributed by atoms with Gasteiger partial charge in [0.25, 0.3) is 0 Å². The molecule has 0 aliphatic carbocycles. The molecule has 0 heterocycles. The second kappa shape index (κ2) is 8.26. The maximum absolute atomic E-state index is 11.7. The number of carboxylic acids is 1. The number of nitrogens with one attached hydrogen (secondary N) is 1. The largest absolute Gasteiger partial charge is 0.480 e. The highest BCUT2D eigenvalue weighted by atomic mass is 16.5. The highest BCUT2D eigenvalue weighted by Crippen LogP contribution is 2.13. The standard InChI is InChI=1S/C15H22N2O4/c1-17(2)12-7-4-11(5-8-12)6-9-14(18)16-13(10-21-3)15(19)20/h4-5,7-8,13H,6,9-10H2,1-3H3,(H,16,18)(H,19,20). The molecule has 1 unspecified atom stereocenters. The predicted octanol–water partition coefficient (Wildman–Crippen LogP) is 0.901. The molecule has 1 rings (SSSR count). The molecule has 0 bridgehead atoms. The molecule has 0 aromatic heterocycles. The van der Waals surface area contributed by atoms with E-state index in [0.717, 1.165) is 11.3 Å². The zero-order valence-corrected chi connectivity index (χ0v) is 12.6. The lowest BCUT2D eigenvalue weighted by molar-refractivity contribution is -0.143. The summed E-state index contributed by atoms with van der Waals surface area (Å²) in [5, 5.41) is 11.4. The van der Waals surface area contributed by atoms with Gasteiger partial charge in [-0.05, 0) is 24.1 Å². The van der Waals surface area contributed by atoms with Crippen LogP contribution in [-0.4, -0.2) is 50.8 Å². The van der Waals surface area contributed by atoms with Gasteiger partial charge in [0.15, 0.2) is 6.04 Å². The van der Waals surface area contributed by atoms with Gasteiger partial charge in [-0.2, -0.15) is 0 Å². The minimum atomic E-state index is -1.10. The van der Waals surface area contributed by atoms with Crippen LogP contribution in [0.4, 0.5) is 5.69 Å². The molecule has 0 aliphatic rings. The molecule has 6 nitrogen and oxygen atoms in total. The van der Waals surface area contributed by atoms with Crippen molar-refractivity contribution in [3.8, 4) is 0 Å². The van der Waals surface area contributed by atoms with E-state index in [1.807, 2.05) is 43.3 Å². The summed E-state index contributed by atoms with van der Waals surface area (Å²) in [7, 11) is 5.32. The third-order valence-corrected chi connectivity index (χ3v) is 3.06. The van der Waals surface area contributed by atoms with Crippen LogP contribution in [0, 0.1) is 0 Å². The Balaban J connectivity index is 2.46. The quantitative estimate of drug-likeness (QED) is 0.745. The number of ether oxygens (including phenoxy) is 1. The Morgan fingerprint density at radius 3 is 2.38 bits per heavy atom. The first-order valence-corrected chi connectivity index (χ1v) is 6.71. The lowest BCUT2D eigenvalue weighted by Gasteiger charge is -2.14. The SMILES string of the molecule is COCC(NC(=O)CCc1ccc(N(C)C)cc1)C(=O)O. The average molecular weight is 294 g/mol. The number of amides is 1. The van der Waals surface area contributed by atoms with E-state index in [1.165, 1.54) is 7.11 Å². The van der Waals surface area contributed by atoms with Crippen molar-refractivity contribution in [1.82, 2.24) is 5.32 Å². The number of anilines is 1. The summed E-state index contributed by atoms with van der Waals surface area (Å²) in [6, 6.07) is 6.90. The second-order valence-corrected chi connectivity index (χ2v) is 4.97. The Morgan fingerprint density at radius 2 is 1.90 bits per heavy atom. The molecule has 0 saturated heterocycles. The molecule has 0 aliphatic heterocycles. The number of hydrogen-bond donors (Lipinski definition) is 2. The van der Waals surface area contributed by atoms with Crippen LogP contribution in [0.25, 0.3) is 0 Å². The maximum atomic E-state index is 11.7. The molecular formula is C15H22N2O4. The number of carbonyl (C=O) groups is 2. The Kier molecular flexibility index (Phi) is 6.68. The molecule has 0 fully saturated rings. The predicted molar refractivity (Wildman–Crippen MR) is 80.5 cm³/mol. The minimum Gasteiger partial charge on any atom is -0.480 e. The fourth-order valence-corrected chi connectivity index (χ4v) is 1.83. The third kappa shape index (κ3) is 5.83. The topological polar surface area (TPSA) is 78.9 Å². The zero-order chi connectivity index (χ0) is 15.8. The first-order valence-electron chi connectivity index (χ1n) is 6.71. The van der Waals surface area contributed by atoms with Crippen molar-refractivity contribution in [2.45, 2.75) is 18.9 Å². The van der Waals surface area contributed by atoms with Crippen molar-refractivity contribution in [3.05, 3.63) is 29.8 Å². The normalized spacial score (nSPS) is 11.8. The number of carbonyl (C=O) groups excluding carboxylic acids is 1. The number of aliphatic carboxylic acids is 1. The highest BCUT2D eigenvalue weighted by Gasteiger charge is 2.19. The third-order valence-electron chi connectivity index (χ3n) is 3.06. The number of methoxy groups -OCH3 is 1. The van der Waals surface area contributed by atoms with Gasteiger partial charge in [0.2, 0.25) is 5.91 Å². The van der Waals surface area contributed by atoms with Crippen molar-refractivity contribution >= 4 is 17.6 Å². The van der Waals surface area contributed by atoms with Crippen LogP contribution in [0.15, 0.2) is 24.3 Å². The van der Waals surface area contributed by atoms with E-state index in [-0.39, 0.29) is 18.9 Å². The number of nitrogens with zero attached hydrogens (tertiary/aromatic N) is 1. The number of aryl methyl sites for hydroxylation is 1. The molecule has 1 aromatic carbocycles. The molecule has 1 aromatic rings.